The van der Waals surface area contributed by atoms with E-state index >= 15 is 0 Å². The number of hydrogen-bond acceptors (Lipinski definition) is 5. The van der Waals surface area contributed by atoms with Gasteiger partial charge in [-0.1, -0.05) is 19.1 Å². The first-order valence-corrected chi connectivity index (χ1v) is 12.3. The van der Waals surface area contributed by atoms with Crippen LogP contribution in [0.5, 0.6) is 0 Å². The van der Waals surface area contributed by atoms with Gasteiger partial charge in [0.25, 0.3) is 0 Å². The van der Waals surface area contributed by atoms with E-state index in [1.807, 2.05) is 13.8 Å². The molecule has 0 radical (unpaired) electrons. The Morgan fingerprint density at radius 1 is 1.25 bits per heavy atom. The molecular formula is C24H37N3O4S. The van der Waals surface area contributed by atoms with Gasteiger partial charge >= 0.3 is 0 Å². The van der Waals surface area contributed by atoms with E-state index in [1.54, 1.807) is 52.6 Å². The summed E-state index contributed by atoms with van der Waals surface area (Å²) in [6, 6.07) is -1.29. The van der Waals surface area contributed by atoms with Gasteiger partial charge in [-0.25, -0.2) is 0 Å². The number of nitrogens with zero attached hydrogens (tertiary/aromatic N) is 3. The van der Waals surface area contributed by atoms with E-state index in [2.05, 4.69) is 20.1 Å². The molecule has 2 bridgehead atoms. The van der Waals surface area contributed by atoms with Crippen molar-refractivity contribution in [1.29, 1.82) is 0 Å². The molecule has 0 aromatic rings. The molecule has 3 heterocycles. The van der Waals surface area contributed by atoms with Crippen molar-refractivity contribution in [3.63, 3.8) is 0 Å². The molecule has 3 aliphatic rings. The molecule has 0 saturated carbocycles. The van der Waals surface area contributed by atoms with Crippen LogP contribution in [0.15, 0.2) is 25.3 Å². The second-order valence-corrected chi connectivity index (χ2v) is 11.3. The highest BCUT2D eigenvalue weighted by atomic mass is 32.2. The molecule has 0 aliphatic carbocycles. The quantitative estimate of drug-likeness (QED) is 0.527. The smallest absolute Gasteiger partial charge is 0.247 e. The summed E-state index contributed by atoms with van der Waals surface area (Å²) in [5, 5.41) is 9.97. The third kappa shape index (κ3) is 3.50. The monoisotopic (exact) mass is 463 g/mol. The minimum atomic E-state index is -0.711. The lowest BCUT2D eigenvalue weighted by atomic mass is 9.65. The lowest BCUT2D eigenvalue weighted by Gasteiger charge is -2.42. The zero-order chi connectivity index (χ0) is 24.0. The van der Waals surface area contributed by atoms with Crippen molar-refractivity contribution in [3.05, 3.63) is 25.3 Å². The van der Waals surface area contributed by atoms with Gasteiger partial charge in [-0.2, -0.15) is 0 Å². The second kappa shape index (κ2) is 9.21. The van der Waals surface area contributed by atoms with Gasteiger partial charge in [0.2, 0.25) is 17.7 Å². The SMILES string of the molecule is C=CCN(C)C(=O)[C@@H]1[C@H]2C(=O)N([C@H](C)CO)C(C(=O)N(CC=C)C(C)C)C23S[C@@H]1CC3C. The normalized spacial score (nSPS) is 33.9. The van der Waals surface area contributed by atoms with Crippen LogP contribution in [-0.2, 0) is 14.4 Å². The maximum absolute atomic E-state index is 14.0. The number of likely N-dealkylation sites (tertiary alicyclic amines) is 1. The summed E-state index contributed by atoms with van der Waals surface area (Å²) in [6.45, 7) is 15.9. The Morgan fingerprint density at radius 2 is 1.88 bits per heavy atom. The highest BCUT2D eigenvalue weighted by Gasteiger charge is 2.76. The van der Waals surface area contributed by atoms with Crippen molar-refractivity contribution in [1.82, 2.24) is 14.7 Å². The summed E-state index contributed by atoms with van der Waals surface area (Å²) in [7, 11) is 1.73. The van der Waals surface area contributed by atoms with Crippen LogP contribution >= 0.6 is 11.8 Å². The molecule has 0 aromatic heterocycles. The predicted octanol–water partition coefficient (Wildman–Crippen LogP) is 1.77. The van der Waals surface area contributed by atoms with E-state index < -0.39 is 28.7 Å². The van der Waals surface area contributed by atoms with Gasteiger partial charge in [0.15, 0.2) is 0 Å². The van der Waals surface area contributed by atoms with Crippen LogP contribution in [0, 0.1) is 17.8 Å². The summed E-state index contributed by atoms with van der Waals surface area (Å²) >= 11 is 1.66. The van der Waals surface area contributed by atoms with E-state index in [4.69, 9.17) is 0 Å². The van der Waals surface area contributed by atoms with Crippen LogP contribution in [0.4, 0.5) is 0 Å². The minimum absolute atomic E-state index is 0.00695. The highest BCUT2D eigenvalue weighted by molar-refractivity contribution is 8.02. The molecule has 178 valence electrons. The summed E-state index contributed by atoms with van der Waals surface area (Å²) in [6.07, 6.45) is 4.17. The molecule has 8 heteroatoms. The van der Waals surface area contributed by atoms with Gasteiger partial charge in [-0.3, -0.25) is 14.4 Å². The molecule has 7 nitrogen and oxygen atoms in total. The highest BCUT2D eigenvalue weighted by Crippen LogP contribution is 2.69. The number of rotatable bonds is 9. The Kier molecular flexibility index (Phi) is 7.15. The van der Waals surface area contributed by atoms with Gasteiger partial charge in [0.05, 0.1) is 29.2 Å². The molecule has 3 fully saturated rings. The first-order chi connectivity index (χ1) is 15.1. The molecule has 7 atom stereocenters. The van der Waals surface area contributed by atoms with Crippen LogP contribution in [0.25, 0.3) is 0 Å². The summed E-state index contributed by atoms with van der Waals surface area (Å²) in [4.78, 5) is 46.3. The molecule has 3 unspecified atom stereocenters. The third-order valence-corrected chi connectivity index (χ3v) is 9.53. The summed E-state index contributed by atoms with van der Waals surface area (Å²) in [5.74, 6) is -1.30. The van der Waals surface area contributed by atoms with Crippen molar-refractivity contribution >= 4 is 29.5 Å². The van der Waals surface area contributed by atoms with E-state index in [9.17, 15) is 19.5 Å². The molecule has 1 spiro atoms. The number of aliphatic hydroxyl groups excluding tert-OH is 1. The maximum atomic E-state index is 14.0. The van der Waals surface area contributed by atoms with Gasteiger partial charge in [-0.15, -0.1) is 24.9 Å². The summed E-state index contributed by atoms with van der Waals surface area (Å²) < 4.78 is -0.675. The molecule has 3 rings (SSSR count). The van der Waals surface area contributed by atoms with Crippen molar-refractivity contribution in [2.24, 2.45) is 17.8 Å². The van der Waals surface area contributed by atoms with E-state index in [0.717, 1.165) is 6.42 Å². The molecule has 3 aliphatic heterocycles. The Bertz CT molecular complexity index is 802. The first kappa shape index (κ1) is 24.8. The Balaban J connectivity index is 2.12. The predicted molar refractivity (Wildman–Crippen MR) is 127 cm³/mol. The second-order valence-electron chi connectivity index (χ2n) is 9.71. The molecule has 3 amide bonds. The van der Waals surface area contributed by atoms with Gasteiger partial charge < -0.3 is 19.8 Å². The molecule has 3 saturated heterocycles. The van der Waals surface area contributed by atoms with Crippen LogP contribution < -0.4 is 0 Å². The zero-order valence-electron chi connectivity index (χ0n) is 19.9. The van der Waals surface area contributed by atoms with E-state index in [-0.39, 0.29) is 41.5 Å². The lowest BCUT2D eigenvalue weighted by molar-refractivity contribution is -0.147. The minimum Gasteiger partial charge on any atom is -0.394 e. The molecule has 32 heavy (non-hydrogen) atoms. The zero-order valence-corrected chi connectivity index (χ0v) is 20.7. The van der Waals surface area contributed by atoms with Crippen molar-refractivity contribution in [3.8, 4) is 0 Å². The standard InChI is InChI=1S/C24H37N3O4S/c1-8-10-25(7)21(29)18-17-12-15(5)24(32-17)19(18)22(30)27(16(6)13-28)20(24)23(31)26(11-9-2)14(3)4/h8-9,14-20,28H,1-2,10-13H2,3-7H3/t15?,16-,17-,18+,19+,20?,24?/m1/s1. The first-order valence-electron chi connectivity index (χ1n) is 11.5. The Labute approximate surface area is 195 Å². The van der Waals surface area contributed by atoms with Gasteiger partial charge in [-0.05, 0) is 33.1 Å². The van der Waals surface area contributed by atoms with Crippen molar-refractivity contribution < 1.29 is 19.5 Å². The Hall–Kier alpha value is -1.80. The van der Waals surface area contributed by atoms with Crippen molar-refractivity contribution in [2.45, 2.75) is 62.2 Å². The fraction of sp³-hybridized carbons (Fsp3) is 0.708. The van der Waals surface area contributed by atoms with Gasteiger partial charge in [0, 0.05) is 31.4 Å². The number of likely N-dealkylation sites (N-methyl/N-ethyl adjacent to an activating group) is 1. The average molecular weight is 464 g/mol. The number of carbonyl (C=O) groups is 3. The number of amides is 3. The number of hydrogen-bond donors (Lipinski definition) is 1. The number of thioether (sulfide) groups is 1. The van der Waals surface area contributed by atoms with Crippen LogP contribution in [0.1, 0.15) is 34.1 Å². The fourth-order valence-corrected chi connectivity index (χ4v) is 8.37. The summed E-state index contributed by atoms with van der Waals surface area (Å²) in [5.41, 5.74) is 0. The van der Waals surface area contributed by atoms with Crippen LogP contribution in [0.3, 0.4) is 0 Å². The number of fused-ring (bicyclic) bond motifs is 1. The lowest BCUT2D eigenvalue weighted by Crippen LogP contribution is -2.59. The molecule has 0 aromatic carbocycles. The fourth-order valence-electron chi connectivity index (χ4n) is 5.97. The average Bonchev–Trinajstić information content (AvgIpc) is 3.34. The van der Waals surface area contributed by atoms with E-state index in [1.165, 1.54) is 0 Å². The third-order valence-electron chi connectivity index (χ3n) is 7.45. The van der Waals surface area contributed by atoms with E-state index in [0.29, 0.717) is 13.1 Å². The van der Waals surface area contributed by atoms with Crippen molar-refractivity contribution in [2.75, 3.05) is 26.7 Å². The molecule has 1 N–H and O–H groups in total. The number of aliphatic hydroxyl groups is 1. The van der Waals surface area contributed by atoms with Gasteiger partial charge in [0.1, 0.15) is 6.04 Å². The number of carbonyl (C=O) groups excluding carboxylic acids is 3. The molecular weight excluding hydrogens is 426 g/mol. The topological polar surface area (TPSA) is 81.2 Å². The van der Waals surface area contributed by atoms with Crippen LogP contribution in [0.2, 0.25) is 0 Å². The Morgan fingerprint density at radius 3 is 2.41 bits per heavy atom. The largest absolute Gasteiger partial charge is 0.394 e. The van der Waals surface area contributed by atoms with Crippen LogP contribution in [-0.4, -0.2) is 92.4 Å². The maximum Gasteiger partial charge on any atom is 0.247 e.